The molecule has 0 unspecified atom stereocenters. The van der Waals surface area contributed by atoms with Crippen LogP contribution in [0.3, 0.4) is 0 Å². The predicted octanol–water partition coefficient (Wildman–Crippen LogP) is 5.99. The number of aromatic nitrogens is 2. The Kier molecular flexibility index (Phi) is 10.0. The van der Waals surface area contributed by atoms with Crippen LogP contribution in [0.4, 0.5) is 20.5 Å². The van der Waals surface area contributed by atoms with Gasteiger partial charge in [0.2, 0.25) is 5.95 Å². The van der Waals surface area contributed by atoms with Crippen molar-refractivity contribution in [3.63, 3.8) is 0 Å². The van der Waals surface area contributed by atoms with E-state index in [2.05, 4.69) is 17.1 Å². The molecular formula is C31H47F2N5O3. The number of rotatable bonds is 12. The first kappa shape index (κ1) is 30.0. The van der Waals surface area contributed by atoms with Crippen LogP contribution in [0, 0.1) is 11.8 Å². The van der Waals surface area contributed by atoms with E-state index in [1.54, 1.807) is 14.2 Å². The molecule has 1 aromatic heterocycles. The van der Waals surface area contributed by atoms with Crippen LogP contribution in [0.25, 0.3) is 10.9 Å². The van der Waals surface area contributed by atoms with Crippen LogP contribution in [0.1, 0.15) is 64.7 Å². The molecule has 2 saturated heterocycles. The molecule has 2 aromatic rings. The maximum Gasteiger partial charge on any atom is 0.251 e. The van der Waals surface area contributed by atoms with Gasteiger partial charge >= 0.3 is 0 Å². The van der Waals surface area contributed by atoms with Crippen LogP contribution < -0.4 is 19.7 Å². The highest BCUT2D eigenvalue weighted by Crippen LogP contribution is 2.37. The van der Waals surface area contributed by atoms with E-state index >= 15 is 0 Å². The van der Waals surface area contributed by atoms with Gasteiger partial charge in [-0.05, 0) is 75.9 Å². The zero-order chi connectivity index (χ0) is 28.8. The summed E-state index contributed by atoms with van der Waals surface area (Å²) in [7, 11) is 3.45. The maximum absolute atomic E-state index is 13.9. The van der Waals surface area contributed by atoms with Gasteiger partial charge in [-0.25, -0.2) is 13.8 Å². The summed E-state index contributed by atoms with van der Waals surface area (Å²) in [5, 5.41) is 4.44. The molecule has 10 heteroatoms. The van der Waals surface area contributed by atoms with Gasteiger partial charge in [0.25, 0.3) is 5.92 Å². The van der Waals surface area contributed by atoms with Gasteiger partial charge in [-0.2, -0.15) is 4.98 Å². The van der Waals surface area contributed by atoms with E-state index < -0.39 is 5.92 Å². The van der Waals surface area contributed by atoms with Crippen molar-refractivity contribution in [2.24, 2.45) is 11.8 Å². The third-order valence-electron chi connectivity index (χ3n) is 9.27. The number of fused-ring (bicyclic) bond motifs is 1. The van der Waals surface area contributed by atoms with Crippen molar-refractivity contribution in [3.05, 3.63) is 12.1 Å². The van der Waals surface area contributed by atoms with Crippen molar-refractivity contribution >= 4 is 22.7 Å². The molecule has 0 amide bonds. The van der Waals surface area contributed by atoms with Crippen LogP contribution in [0.15, 0.2) is 12.1 Å². The molecule has 1 aliphatic carbocycles. The predicted molar refractivity (Wildman–Crippen MR) is 159 cm³/mol. The summed E-state index contributed by atoms with van der Waals surface area (Å²) in [4.78, 5) is 14.1. The number of halogens is 2. The van der Waals surface area contributed by atoms with Crippen molar-refractivity contribution < 1.29 is 23.0 Å². The number of nitrogens with one attached hydrogen (secondary N) is 1. The van der Waals surface area contributed by atoms with Crippen molar-refractivity contribution in [1.29, 1.82) is 0 Å². The second-order valence-corrected chi connectivity index (χ2v) is 12.1. The van der Waals surface area contributed by atoms with Gasteiger partial charge in [0, 0.05) is 57.6 Å². The summed E-state index contributed by atoms with van der Waals surface area (Å²) in [6.07, 6.45) is 8.01. The van der Waals surface area contributed by atoms with Crippen LogP contribution in [0.2, 0.25) is 0 Å². The fourth-order valence-electron chi connectivity index (χ4n) is 6.50. The average molecular weight is 576 g/mol. The number of anilines is 2. The van der Waals surface area contributed by atoms with Crippen LogP contribution in [-0.2, 0) is 4.74 Å². The van der Waals surface area contributed by atoms with E-state index in [0.717, 1.165) is 56.1 Å². The Balaban J connectivity index is 1.35. The Labute approximate surface area is 243 Å². The minimum atomic E-state index is -2.63. The second kappa shape index (κ2) is 13.7. The third-order valence-corrected chi connectivity index (χ3v) is 9.27. The first-order chi connectivity index (χ1) is 19.8. The number of piperidine rings is 1. The highest BCUT2D eigenvalue weighted by atomic mass is 19.3. The normalized spacial score (nSPS) is 24.0. The van der Waals surface area contributed by atoms with Gasteiger partial charge in [0.15, 0.2) is 11.5 Å². The van der Waals surface area contributed by atoms with Gasteiger partial charge in [0.1, 0.15) is 5.82 Å². The largest absolute Gasteiger partial charge is 0.493 e. The molecule has 5 rings (SSSR count). The van der Waals surface area contributed by atoms with Gasteiger partial charge in [-0.3, -0.25) is 0 Å². The lowest BCUT2D eigenvalue weighted by Crippen LogP contribution is -2.40. The monoisotopic (exact) mass is 575 g/mol. The number of hydrogen-bond donors (Lipinski definition) is 1. The lowest BCUT2D eigenvalue weighted by Gasteiger charge is -2.33. The molecule has 1 saturated carbocycles. The molecular weight excluding hydrogens is 528 g/mol. The number of methoxy groups -OCH3 is 2. The summed E-state index contributed by atoms with van der Waals surface area (Å²) >= 11 is 0. The second-order valence-electron chi connectivity index (χ2n) is 12.1. The molecule has 41 heavy (non-hydrogen) atoms. The number of likely N-dealkylation sites (tertiary alicyclic amines) is 1. The molecule has 3 fully saturated rings. The van der Waals surface area contributed by atoms with Crippen molar-refractivity contribution in [2.45, 2.75) is 76.7 Å². The van der Waals surface area contributed by atoms with Gasteiger partial charge in [-0.1, -0.05) is 6.92 Å². The van der Waals surface area contributed by atoms with E-state index in [4.69, 9.17) is 24.2 Å². The molecule has 8 nitrogen and oxygen atoms in total. The molecule has 228 valence electrons. The lowest BCUT2D eigenvalue weighted by molar-refractivity contribution is -0.0222. The Bertz CT molecular complexity index is 1130. The first-order valence-electron chi connectivity index (χ1n) is 15.5. The molecule has 1 aromatic carbocycles. The summed E-state index contributed by atoms with van der Waals surface area (Å²) in [6, 6.07) is 3.85. The minimum absolute atomic E-state index is 0.188. The highest BCUT2D eigenvalue weighted by Gasteiger charge is 2.35. The Morgan fingerprint density at radius 3 is 2.41 bits per heavy atom. The SMILES string of the molecule is COc1cc2c(NC[C@@H](C)C3CCC(OC)CC3)nc(N3CCC(F)(F)CC3)nc2cc1OCCCN1CCCC1. The van der Waals surface area contributed by atoms with E-state index in [-0.39, 0.29) is 25.9 Å². The summed E-state index contributed by atoms with van der Waals surface area (Å²) < 4.78 is 45.3. The topological polar surface area (TPSA) is 72.0 Å². The van der Waals surface area contributed by atoms with E-state index in [1.165, 1.54) is 25.9 Å². The quantitative estimate of drug-likeness (QED) is 0.310. The van der Waals surface area contributed by atoms with Crippen molar-refractivity contribution in [3.8, 4) is 11.5 Å². The lowest BCUT2D eigenvalue weighted by atomic mass is 9.79. The number of hydrogen-bond acceptors (Lipinski definition) is 8. The van der Waals surface area contributed by atoms with Crippen molar-refractivity contribution in [2.75, 3.05) is 70.3 Å². The van der Waals surface area contributed by atoms with Gasteiger partial charge < -0.3 is 29.3 Å². The Morgan fingerprint density at radius 1 is 1.00 bits per heavy atom. The molecule has 1 N–H and O–H groups in total. The molecule has 0 radical (unpaired) electrons. The number of benzene rings is 1. The molecule has 0 bridgehead atoms. The smallest absolute Gasteiger partial charge is 0.251 e. The fourth-order valence-corrected chi connectivity index (χ4v) is 6.50. The number of ether oxygens (including phenoxy) is 3. The molecule has 3 aliphatic rings. The highest BCUT2D eigenvalue weighted by molar-refractivity contribution is 5.92. The van der Waals surface area contributed by atoms with Gasteiger partial charge in [-0.15, -0.1) is 0 Å². The fraction of sp³-hybridized carbons (Fsp3) is 0.742. The Hall–Kier alpha value is -2.46. The first-order valence-corrected chi connectivity index (χ1v) is 15.5. The zero-order valence-electron chi connectivity index (χ0n) is 25.0. The van der Waals surface area contributed by atoms with E-state index in [0.29, 0.717) is 47.8 Å². The summed E-state index contributed by atoms with van der Waals surface area (Å²) in [5.74, 6) is 0.922. The zero-order valence-corrected chi connectivity index (χ0v) is 25.0. The molecule has 2 aliphatic heterocycles. The van der Waals surface area contributed by atoms with Crippen LogP contribution in [0.5, 0.6) is 11.5 Å². The van der Waals surface area contributed by atoms with Crippen molar-refractivity contribution in [1.82, 2.24) is 14.9 Å². The molecule has 1 atom stereocenters. The Morgan fingerprint density at radius 2 is 1.73 bits per heavy atom. The standard InChI is InChI=1S/C31H47F2N5O3/c1-22(23-7-9-24(39-2)10-8-23)21-34-29-25-19-27(40-3)28(41-18-6-15-37-13-4-5-14-37)20-26(25)35-30(36-29)38-16-11-31(32,33)12-17-38/h19-20,22-24H,4-18,21H2,1-3H3,(H,34,35,36)/t22-,23?,24?/m1/s1. The summed E-state index contributed by atoms with van der Waals surface area (Å²) in [6.45, 7) is 7.47. The minimum Gasteiger partial charge on any atom is -0.493 e. The summed E-state index contributed by atoms with van der Waals surface area (Å²) in [5.41, 5.74) is 0.721. The average Bonchev–Trinajstić information content (AvgIpc) is 3.51. The maximum atomic E-state index is 13.9. The van der Waals surface area contributed by atoms with Crippen LogP contribution in [-0.4, -0.2) is 87.0 Å². The van der Waals surface area contributed by atoms with Crippen LogP contribution >= 0.6 is 0 Å². The molecule has 0 spiro atoms. The van der Waals surface area contributed by atoms with E-state index in [1.807, 2.05) is 17.0 Å². The molecule has 3 heterocycles. The van der Waals surface area contributed by atoms with Gasteiger partial charge in [0.05, 0.1) is 25.3 Å². The van der Waals surface area contributed by atoms with E-state index in [9.17, 15) is 8.78 Å². The third kappa shape index (κ3) is 7.69. The number of nitrogens with zero attached hydrogens (tertiary/aromatic N) is 4. The number of alkyl halides is 2.